The average molecular weight is 285 g/mol. The van der Waals surface area contributed by atoms with Gasteiger partial charge in [0.2, 0.25) is 5.82 Å². The van der Waals surface area contributed by atoms with Crippen molar-refractivity contribution >= 4 is 6.21 Å². The van der Waals surface area contributed by atoms with Crippen LogP contribution >= 0.6 is 0 Å². The van der Waals surface area contributed by atoms with E-state index in [0.717, 1.165) is 5.56 Å². The highest BCUT2D eigenvalue weighted by Crippen LogP contribution is 2.29. The molecule has 0 atom stereocenters. The van der Waals surface area contributed by atoms with Crippen molar-refractivity contribution in [3.63, 3.8) is 0 Å². The molecule has 0 unspecified atom stereocenters. The molecule has 20 heavy (non-hydrogen) atoms. The van der Waals surface area contributed by atoms with Crippen LogP contribution in [0.4, 0.5) is 13.2 Å². The smallest absolute Gasteiger partial charge is 0.399 e. The Bertz CT molecular complexity index is 591. The maximum atomic E-state index is 12.3. The van der Waals surface area contributed by atoms with Crippen LogP contribution in [0.2, 0.25) is 0 Å². The molecule has 0 bridgehead atoms. The van der Waals surface area contributed by atoms with Gasteiger partial charge in [-0.3, -0.25) is 0 Å². The molecule has 0 aliphatic rings. The number of oxime groups is 1. The Balaban J connectivity index is 2.14. The van der Waals surface area contributed by atoms with E-state index in [4.69, 9.17) is 0 Å². The van der Waals surface area contributed by atoms with Gasteiger partial charge in [-0.1, -0.05) is 34.6 Å². The van der Waals surface area contributed by atoms with Crippen LogP contribution in [0.1, 0.15) is 11.5 Å². The normalized spacial score (nSPS) is 12.0. The van der Waals surface area contributed by atoms with E-state index in [-0.39, 0.29) is 5.82 Å². The molecule has 5 nitrogen and oxygen atoms in total. The third kappa shape index (κ3) is 3.34. The van der Waals surface area contributed by atoms with Crippen LogP contribution in [0.15, 0.2) is 33.9 Å². The number of hydrogen-bond donors (Lipinski definition) is 0. The van der Waals surface area contributed by atoms with Gasteiger partial charge in [0.15, 0.2) is 0 Å². The summed E-state index contributed by atoms with van der Waals surface area (Å²) in [5, 5.41) is 6.89. The average Bonchev–Trinajstić information content (AvgIpc) is 2.89. The first-order valence-corrected chi connectivity index (χ1v) is 5.56. The standard InChI is InChI=1S/C12H10F3N3O2/c1-19-16-7-6-8-2-4-9(5-3-8)10-17-11(20-18-10)12(13,14)15/h2-5,7H,6H2,1H3/b16-7-. The van der Waals surface area contributed by atoms with E-state index in [1.54, 1.807) is 30.5 Å². The van der Waals surface area contributed by atoms with Crippen LogP contribution in [0, 0.1) is 0 Å². The molecule has 0 amide bonds. The van der Waals surface area contributed by atoms with Gasteiger partial charge in [0.1, 0.15) is 7.11 Å². The molecule has 2 rings (SSSR count). The monoisotopic (exact) mass is 285 g/mol. The summed E-state index contributed by atoms with van der Waals surface area (Å²) in [4.78, 5) is 7.83. The minimum Gasteiger partial charge on any atom is -0.399 e. The van der Waals surface area contributed by atoms with E-state index in [0.29, 0.717) is 12.0 Å². The molecule has 1 aromatic carbocycles. The van der Waals surface area contributed by atoms with Crippen LogP contribution in [-0.2, 0) is 17.4 Å². The molecule has 0 spiro atoms. The number of alkyl halides is 3. The van der Waals surface area contributed by atoms with E-state index in [1.807, 2.05) is 0 Å². The van der Waals surface area contributed by atoms with Crippen LogP contribution in [0.25, 0.3) is 11.4 Å². The third-order valence-corrected chi connectivity index (χ3v) is 2.39. The van der Waals surface area contributed by atoms with E-state index in [1.165, 1.54) is 7.11 Å². The first-order valence-electron chi connectivity index (χ1n) is 5.56. The number of halogens is 3. The highest BCUT2D eigenvalue weighted by atomic mass is 19.4. The zero-order chi connectivity index (χ0) is 14.6. The maximum absolute atomic E-state index is 12.3. The molecule has 8 heteroatoms. The van der Waals surface area contributed by atoms with Crippen molar-refractivity contribution in [1.82, 2.24) is 10.1 Å². The van der Waals surface area contributed by atoms with Crippen LogP contribution in [-0.4, -0.2) is 23.5 Å². The van der Waals surface area contributed by atoms with Gasteiger partial charge in [0.05, 0.1) is 0 Å². The Morgan fingerprint density at radius 3 is 2.55 bits per heavy atom. The quantitative estimate of drug-likeness (QED) is 0.640. The summed E-state index contributed by atoms with van der Waals surface area (Å²) in [5.41, 5.74) is 1.37. The fourth-order valence-corrected chi connectivity index (χ4v) is 1.46. The third-order valence-electron chi connectivity index (χ3n) is 2.39. The molecule has 2 aromatic rings. The Morgan fingerprint density at radius 2 is 2.00 bits per heavy atom. The van der Waals surface area contributed by atoms with Gasteiger partial charge in [0, 0.05) is 18.2 Å². The largest absolute Gasteiger partial charge is 0.471 e. The maximum Gasteiger partial charge on any atom is 0.471 e. The van der Waals surface area contributed by atoms with E-state index in [9.17, 15) is 13.2 Å². The van der Waals surface area contributed by atoms with E-state index < -0.39 is 12.1 Å². The molecule has 1 aromatic heterocycles. The Hall–Kier alpha value is -2.38. The minimum atomic E-state index is -4.64. The number of hydrogen-bond acceptors (Lipinski definition) is 5. The lowest BCUT2D eigenvalue weighted by Crippen LogP contribution is -2.04. The zero-order valence-electron chi connectivity index (χ0n) is 10.4. The minimum absolute atomic E-state index is 0.102. The summed E-state index contributed by atoms with van der Waals surface area (Å²) in [6, 6.07) is 6.70. The van der Waals surface area contributed by atoms with Gasteiger partial charge >= 0.3 is 12.1 Å². The Morgan fingerprint density at radius 1 is 1.30 bits per heavy atom. The van der Waals surface area contributed by atoms with Gasteiger partial charge < -0.3 is 9.36 Å². The van der Waals surface area contributed by atoms with Gasteiger partial charge in [-0.25, -0.2) is 0 Å². The molecule has 0 N–H and O–H groups in total. The van der Waals surface area contributed by atoms with Gasteiger partial charge in [0.25, 0.3) is 0 Å². The summed E-state index contributed by atoms with van der Waals surface area (Å²) >= 11 is 0. The van der Waals surface area contributed by atoms with Crippen LogP contribution in [0.5, 0.6) is 0 Å². The first-order chi connectivity index (χ1) is 9.50. The number of benzene rings is 1. The molecule has 1 heterocycles. The summed E-state index contributed by atoms with van der Waals surface area (Å²) in [5.74, 6) is -1.46. The Labute approximate surface area is 112 Å². The number of aromatic nitrogens is 2. The van der Waals surface area contributed by atoms with Crippen molar-refractivity contribution < 1.29 is 22.5 Å². The molecule has 106 valence electrons. The highest BCUT2D eigenvalue weighted by Gasteiger charge is 2.38. The summed E-state index contributed by atoms with van der Waals surface area (Å²) in [6.45, 7) is 0. The van der Waals surface area contributed by atoms with Crippen molar-refractivity contribution in [2.45, 2.75) is 12.6 Å². The highest BCUT2D eigenvalue weighted by molar-refractivity contribution is 5.62. The summed E-state index contributed by atoms with van der Waals surface area (Å²) in [7, 11) is 1.44. The molecule has 0 radical (unpaired) electrons. The zero-order valence-corrected chi connectivity index (χ0v) is 10.4. The Kier molecular flexibility index (Phi) is 4.02. The summed E-state index contributed by atoms with van der Waals surface area (Å²) < 4.78 is 41.2. The molecule has 0 saturated heterocycles. The second-order valence-electron chi connectivity index (χ2n) is 3.79. The SMILES string of the molecule is CO/N=C\Cc1ccc(-c2noc(C(F)(F)F)n2)cc1. The summed E-state index contributed by atoms with van der Waals surface area (Å²) in [6.07, 6.45) is -2.51. The lowest BCUT2D eigenvalue weighted by atomic mass is 10.1. The van der Waals surface area contributed by atoms with Crippen LogP contribution in [0.3, 0.4) is 0 Å². The molecule has 0 aliphatic heterocycles. The molecule has 0 fully saturated rings. The molecule has 0 saturated carbocycles. The van der Waals surface area contributed by atoms with Gasteiger partial charge in [-0.15, -0.1) is 0 Å². The van der Waals surface area contributed by atoms with Gasteiger partial charge in [-0.2, -0.15) is 18.2 Å². The molecule has 0 aliphatic carbocycles. The van der Waals surface area contributed by atoms with Crippen molar-refractivity contribution in [3.05, 3.63) is 35.7 Å². The molecular formula is C12H10F3N3O2. The first kappa shape index (κ1) is 14.0. The predicted octanol–water partition coefficient (Wildman–Crippen LogP) is 2.93. The van der Waals surface area contributed by atoms with Crippen molar-refractivity contribution in [1.29, 1.82) is 0 Å². The lowest BCUT2D eigenvalue weighted by Gasteiger charge is -1.98. The number of nitrogens with zero attached hydrogens (tertiary/aromatic N) is 3. The second kappa shape index (κ2) is 5.72. The van der Waals surface area contributed by atoms with Crippen molar-refractivity contribution in [2.24, 2.45) is 5.16 Å². The topological polar surface area (TPSA) is 60.5 Å². The van der Waals surface area contributed by atoms with Crippen LogP contribution < -0.4 is 0 Å². The predicted molar refractivity (Wildman–Crippen MR) is 63.9 cm³/mol. The van der Waals surface area contributed by atoms with E-state index >= 15 is 0 Å². The second-order valence-corrected chi connectivity index (χ2v) is 3.79. The van der Waals surface area contributed by atoms with Crippen molar-refractivity contribution in [3.8, 4) is 11.4 Å². The molecular weight excluding hydrogens is 275 g/mol. The fraction of sp³-hybridized carbons (Fsp3) is 0.250. The van der Waals surface area contributed by atoms with Crippen molar-refractivity contribution in [2.75, 3.05) is 7.11 Å². The number of rotatable bonds is 4. The van der Waals surface area contributed by atoms with E-state index in [2.05, 4.69) is 24.7 Å². The fourth-order valence-electron chi connectivity index (χ4n) is 1.46. The lowest BCUT2D eigenvalue weighted by molar-refractivity contribution is -0.159. The van der Waals surface area contributed by atoms with Gasteiger partial charge in [-0.05, 0) is 5.56 Å².